The summed E-state index contributed by atoms with van der Waals surface area (Å²) in [6, 6.07) is 0. The van der Waals surface area contributed by atoms with Gasteiger partial charge in [-0.15, -0.1) is 0 Å². The number of fused-ring (bicyclic) bond motifs is 10. The van der Waals surface area contributed by atoms with E-state index in [0.717, 1.165) is 12.9 Å². The van der Waals surface area contributed by atoms with Crippen molar-refractivity contribution in [2.24, 2.45) is 10.8 Å². The van der Waals surface area contributed by atoms with Crippen LogP contribution in [0, 0.1) is 10.8 Å². The summed E-state index contributed by atoms with van der Waals surface area (Å²) in [5.41, 5.74) is 1.15. The van der Waals surface area contributed by atoms with Gasteiger partial charge in [-0.1, -0.05) is 0 Å². The molecule has 166 valence electrons. The van der Waals surface area contributed by atoms with E-state index in [9.17, 15) is 0 Å². The van der Waals surface area contributed by atoms with Gasteiger partial charge in [0.25, 0.3) is 0 Å². The average molecular weight is 456 g/mol. The van der Waals surface area contributed by atoms with E-state index in [1.54, 1.807) is 6.16 Å². The first-order valence-electron chi connectivity index (χ1n) is 12.7. The molecule has 10 aliphatic heterocycles. The molecule has 5 unspecified atom stereocenters. The molecule has 0 amide bonds. The first-order chi connectivity index (χ1) is 12.7. The molecule has 1 spiro atoms. The molecule has 0 aromatic heterocycles. The number of hydrogen-bond acceptors (Lipinski definition) is 0. The van der Waals surface area contributed by atoms with Crippen molar-refractivity contribution in [1.29, 1.82) is 0 Å². The molecule has 10 rings (SSSR count). The average Bonchev–Trinajstić information content (AvgIpc) is 3.41. The summed E-state index contributed by atoms with van der Waals surface area (Å²) in [6.45, 7) is 28.6. The molecule has 2 heteroatoms. The zero-order valence-corrected chi connectivity index (χ0v) is 23.0. The quantitative estimate of drug-likeness (QED) is 0.287. The van der Waals surface area contributed by atoms with Crippen LogP contribution in [0.4, 0.5) is 0 Å². The Morgan fingerprint density at radius 2 is 1.03 bits per heavy atom. The molecular formula is C27H45FeP. The predicted octanol–water partition coefficient (Wildman–Crippen LogP) is 9.66. The van der Waals surface area contributed by atoms with E-state index in [4.69, 9.17) is 0 Å². The second-order valence-corrected chi connectivity index (χ2v) is 46.2. The maximum atomic E-state index is 2.76. The normalized spacial score (nSPS) is 82.7. The van der Waals surface area contributed by atoms with Crippen LogP contribution in [-0.4, -0.2) is 16.5 Å². The third-order valence-corrected chi connectivity index (χ3v) is 68.6. The van der Waals surface area contributed by atoms with E-state index in [1.807, 2.05) is 0 Å². The molecule has 0 N–H and O–H groups in total. The van der Waals surface area contributed by atoms with E-state index in [0.29, 0.717) is 21.1 Å². The van der Waals surface area contributed by atoms with E-state index in [2.05, 4.69) is 83.1 Å². The topological polar surface area (TPSA) is 0 Å². The molecule has 29 heavy (non-hydrogen) atoms. The molecule has 0 bridgehead atoms. The zero-order chi connectivity index (χ0) is 21.1. The van der Waals surface area contributed by atoms with Crippen molar-refractivity contribution < 1.29 is 6.51 Å². The molecule has 10 aliphatic rings. The van der Waals surface area contributed by atoms with Gasteiger partial charge in [-0.05, 0) is 0 Å². The molecule has 10 fully saturated rings. The Morgan fingerprint density at radius 1 is 0.621 bits per heavy atom. The Balaban J connectivity index is 1.35. The molecule has 10 heterocycles. The first-order valence-corrected chi connectivity index (χ1v) is 20.3. The van der Waals surface area contributed by atoms with Crippen LogP contribution in [0.3, 0.4) is 0 Å². The Hall–Kier alpha value is 0.949. The summed E-state index contributed by atoms with van der Waals surface area (Å²) in [4.78, 5) is 9.70. The van der Waals surface area contributed by atoms with Crippen molar-refractivity contribution in [1.82, 2.24) is 0 Å². The molecule has 0 aromatic carbocycles. The van der Waals surface area contributed by atoms with Gasteiger partial charge in [0, 0.05) is 0 Å². The summed E-state index contributed by atoms with van der Waals surface area (Å²) in [7, 11) is 0.0489. The van der Waals surface area contributed by atoms with Gasteiger partial charge in [-0.2, -0.15) is 0 Å². The van der Waals surface area contributed by atoms with Gasteiger partial charge in [0.1, 0.15) is 0 Å². The molecule has 5 atom stereocenters. The Labute approximate surface area is 171 Å². The monoisotopic (exact) mass is 456 g/mol. The molecular weight excluding hydrogens is 411 g/mol. The van der Waals surface area contributed by atoms with Crippen molar-refractivity contribution in [2.75, 3.05) is 6.16 Å². The third kappa shape index (κ3) is 0.274. The van der Waals surface area contributed by atoms with Crippen molar-refractivity contribution in [2.45, 2.75) is 140 Å². The molecule has 0 saturated carbocycles. The third-order valence-electron chi connectivity index (χ3n) is 19.5. The number of hydrogen-bond donors (Lipinski definition) is 0. The summed E-state index contributed by atoms with van der Waals surface area (Å²) in [5.74, 6) is 0. The van der Waals surface area contributed by atoms with E-state index >= 15 is 0 Å². The zero-order valence-electron chi connectivity index (χ0n) is 21.0. The summed E-state index contributed by atoms with van der Waals surface area (Å²) in [5, 5.41) is 1.01. The van der Waals surface area contributed by atoms with E-state index < -0.39 is 6.51 Å². The Morgan fingerprint density at radius 3 is 1.28 bits per heavy atom. The Bertz CT molecular complexity index is 1350. The van der Waals surface area contributed by atoms with E-state index in [1.165, 1.54) is 33.7 Å². The van der Waals surface area contributed by atoms with Crippen LogP contribution in [-0.2, 0) is 6.51 Å². The summed E-state index contributed by atoms with van der Waals surface area (Å²) >= 11 is 0. The molecule has 0 aromatic rings. The number of rotatable bonds is 2. The van der Waals surface area contributed by atoms with Crippen LogP contribution in [0.15, 0.2) is 0 Å². The van der Waals surface area contributed by atoms with Gasteiger partial charge < -0.3 is 0 Å². The van der Waals surface area contributed by atoms with Crippen LogP contribution in [0.5, 0.6) is 0 Å². The van der Waals surface area contributed by atoms with Crippen LogP contribution < -0.4 is 0 Å². The predicted molar refractivity (Wildman–Crippen MR) is 125 cm³/mol. The van der Waals surface area contributed by atoms with Crippen molar-refractivity contribution >= 4 is 7.92 Å². The van der Waals surface area contributed by atoms with Gasteiger partial charge in [-0.25, -0.2) is 0 Å². The second kappa shape index (κ2) is 1.77. The molecule has 0 aliphatic carbocycles. The maximum absolute atomic E-state index is 3.61. The molecule has 0 nitrogen and oxygen atoms in total. The SMILES string of the molecule is CC(C)(C)P(C[C]12[CH]3[CH]4[C]5(C(C)(C)C)[C]1(C(C)(C)C)[Fe]34251678[CH]2[CH]1[CH]6[CH]7[CH]28)C(C)(C)C. The standard InChI is InChI=1S/C22H40P.C5H5.Fe/c1-19(2,3)17-14-13-16(18(17)20(4,5)6)15-23(21(7,8)9)22(10,11)12;1-2-4-5-3-1;/h13-14H,15H2,1-12H3;1-5H;. The van der Waals surface area contributed by atoms with Crippen LogP contribution in [0.25, 0.3) is 0 Å². The fourth-order valence-electron chi connectivity index (χ4n) is 24.2. The van der Waals surface area contributed by atoms with Crippen molar-refractivity contribution in [3.05, 3.63) is 0 Å². The van der Waals surface area contributed by atoms with Gasteiger partial charge in [0.05, 0.1) is 0 Å². The summed E-state index contributed by atoms with van der Waals surface area (Å²) in [6.07, 6.45) is 1.72. The van der Waals surface area contributed by atoms with Gasteiger partial charge in [0.2, 0.25) is 0 Å². The van der Waals surface area contributed by atoms with E-state index in [-0.39, 0.29) is 7.92 Å². The fraction of sp³-hybridized carbons (Fsp3) is 1.00. The van der Waals surface area contributed by atoms with Gasteiger partial charge in [0.15, 0.2) is 0 Å². The first kappa shape index (κ1) is 16.5. The molecule has 0 radical (unpaired) electrons. The summed E-state index contributed by atoms with van der Waals surface area (Å²) < 4.78 is 2.77. The Kier molecular flexibility index (Phi) is 1.01. The van der Waals surface area contributed by atoms with Crippen LogP contribution >= 0.6 is 7.92 Å². The van der Waals surface area contributed by atoms with Crippen LogP contribution in [0.1, 0.15) is 83.1 Å². The second-order valence-electron chi connectivity index (χ2n) is 19.4. The van der Waals surface area contributed by atoms with Crippen molar-refractivity contribution in [3.63, 3.8) is 0 Å². The fourth-order valence-corrected chi connectivity index (χ4v) is 115. The van der Waals surface area contributed by atoms with Crippen LogP contribution in [0.2, 0.25) is 46.7 Å². The molecule has 10 saturated heterocycles. The minimum atomic E-state index is -3.61. The van der Waals surface area contributed by atoms with Crippen molar-refractivity contribution in [3.8, 4) is 0 Å². The van der Waals surface area contributed by atoms with Gasteiger partial charge >= 0.3 is 171 Å². The van der Waals surface area contributed by atoms with Gasteiger partial charge in [-0.3, -0.25) is 0 Å². The minimum absolute atomic E-state index is 0.0489.